The van der Waals surface area contributed by atoms with Crippen molar-refractivity contribution in [3.05, 3.63) is 23.4 Å². The van der Waals surface area contributed by atoms with Crippen molar-refractivity contribution in [2.45, 2.75) is 39.5 Å². The van der Waals surface area contributed by atoms with E-state index in [1.54, 1.807) is 18.0 Å². The van der Waals surface area contributed by atoms with Crippen LogP contribution in [0.3, 0.4) is 0 Å². The van der Waals surface area contributed by atoms with Crippen LogP contribution in [0.2, 0.25) is 0 Å². The summed E-state index contributed by atoms with van der Waals surface area (Å²) in [6, 6.07) is 3.64. The summed E-state index contributed by atoms with van der Waals surface area (Å²) in [5.41, 5.74) is 1.56. The van der Waals surface area contributed by atoms with Gasteiger partial charge >= 0.3 is 0 Å². The van der Waals surface area contributed by atoms with Gasteiger partial charge < -0.3 is 15.3 Å². The largest absolute Gasteiger partial charge is 0.395 e. The molecule has 1 amide bonds. The van der Waals surface area contributed by atoms with Gasteiger partial charge in [-0.3, -0.25) is 4.79 Å². The zero-order valence-corrected chi connectivity index (χ0v) is 13.4. The van der Waals surface area contributed by atoms with Gasteiger partial charge in [0.05, 0.1) is 6.61 Å². The summed E-state index contributed by atoms with van der Waals surface area (Å²) in [5, 5.41) is 12.2. The second-order valence-electron chi connectivity index (χ2n) is 5.10. The minimum absolute atomic E-state index is 0.0127. The van der Waals surface area contributed by atoms with E-state index >= 15 is 0 Å². The third-order valence-electron chi connectivity index (χ3n) is 3.33. The summed E-state index contributed by atoms with van der Waals surface area (Å²) in [6.07, 6.45) is 3.81. The molecule has 0 aromatic carbocycles. The molecule has 5 nitrogen and oxygen atoms in total. The van der Waals surface area contributed by atoms with Crippen molar-refractivity contribution >= 4 is 11.7 Å². The molecule has 21 heavy (non-hydrogen) atoms. The van der Waals surface area contributed by atoms with Gasteiger partial charge in [-0.15, -0.1) is 0 Å². The SMILES string of the molecule is CCCCN(CCO)C(=O)c1cc(CCC)nc(NC)c1. The molecule has 0 radical (unpaired) electrons. The number of aryl methyl sites for hydroxylation is 1. The van der Waals surface area contributed by atoms with Crippen LogP contribution >= 0.6 is 0 Å². The number of nitrogens with one attached hydrogen (secondary N) is 1. The number of nitrogens with zero attached hydrogens (tertiary/aromatic N) is 2. The molecule has 0 atom stereocenters. The lowest BCUT2D eigenvalue weighted by Gasteiger charge is -2.22. The molecule has 0 fully saturated rings. The van der Waals surface area contributed by atoms with E-state index in [0.29, 0.717) is 24.5 Å². The highest BCUT2D eigenvalue weighted by molar-refractivity contribution is 5.95. The minimum atomic E-state index is -0.0336. The van der Waals surface area contributed by atoms with E-state index in [1.807, 2.05) is 6.07 Å². The topological polar surface area (TPSA) is 65.5 Å². The monoisotopic (exact) mass is 293 g/mol. The fourth-order valence-corrected chi connectivity index (χ4v) is 2.19. The average Bonchev–Trinajstić information content (AvgIpc) is 2.50. The van der Waals surface area contributed by atoms with Crippen molar-refractivity contribution < 1.29 is 9.90 Å². The van der Waals surface area contributed by atoms with E-state index in [0.717, 1.165) is 31.4 Å². The number of hydrogen-bond acceptors (Lipinski definition) is 4. The van der Waals surface area contributed by atoms with Gasteiger partial charge in [0.25, 0.3) is 5.91 Å². The molecule has 0 saturated heterocycles. The van der Waals surface area contributed by atoms with Crippen molar-refractivity contribution in [1.29, 1.82) is 0 Å². The van der Waals surface area contributed by atoms with E-state index in [-0.39, 0.29) is 12.5 Å². The van der Waals surface area contributed by atoms with Gasteiger partial charge in [-0.1, -0.05) is 26.7 Å². The second kappa shape index (κ2) is 9.34. The summed E-state index contributed by atoms with van der Waals surface area (Å²) in [4.78, 5) is 18.8. The molecule has 1 aromatic rings. The van der Waals surface area contributed by atoms with Gasteiger partial charge in [0.1, 0.15) is 5.82 Å². The average molecular weight is 293 g/mol. The zero-order chi connectivity index (χ0) is 15.7. The Morgan fingerprint density at radius 3 is 2.62 bits per heavy atom. The van der Waals surface area contributed by atoms with Crippen LogP contribution in [0, 0.1) is 0 Å². The molecule has 0 aliphatic heterocycles. The maximum absolute atomic E-state index is 12.6. The highest BCUT2D eigenvalue weighted by Gasteiger charge is 2.16. The lowest BCUT2D eigenvalue weighted by Crippen LogP contribution is -2.34. The van der Waals surface area contributed by atoms with Gasteiger partial charge in [0.2, 0.25) is 0 Å². The molecule has 0 unspecified atom stereocenters. The van der Waals surface area contributed by atoms with Crippen LogP contribution in [0.5, 0.6) is 0 Å². The maximum Gasteiger partial charge on any atom is 0.254 e. The molecule has 0 aliphatic carbocycles. The Bertz CT molecular complexity index is 449. The van der Waals surface area contributed by atoms with Crippen molar-refractivity contribution in [1.82, 2.24) is 9.88 Å². The molecular formula is C16H27N3O2. The Morgan fingerprint density at radius 1 is 1.29 bits per heavy atom. The first-order valence-electron chi connectivity index (χ1n) is 7.75. The number of unbranched alkanes of at least 4 members (excludes halogenated alkanes) is 1. The Hall–Kier alpha value is -1.62. The molecule has 2 N–H and O–H groups in total. The summed E-state index contributed by atoms with van der Waals surface area (Å²) >= 11 is 0. The quantitative estimate of drug-likeness (QED) is 0.733. The predicted octanol–water partition coefficient (Wildman–Crippen LogP) is 2.31. The van der Waals surface area contributed by atoms with Crippen LogP contribution in [0.4, 0.5) is 5.82 Å². The summed E-state index contributed by atoms with van der Waals surface area (Å²) < 4.78 is 0. The summed E-state index contributed by atoms with van der Waals surface area (Å²) in [6.45, 7) is 5.22. The van der Waals surface area contributed by atoms with Crippen molar-refractivity contribution in [2.24, 2.45) is 0 Å². The third-order valence-corrected chi connectivity index (χ3v) is 3.33. The van der Waals surface area contributed by atoms with Crippen LogP contribution in [-0.2, 0) is 6.42 Å². The number of amides is 1. The van der Waals surface area contributed by atoms with E-state index < -0.39 is 0 Å². The van der Waals surface area contributed by atoms with Crippen LogP contribution in [-0.4, -0.2) is 47.6 Å². The van der Waals surface area contributed by atoms with E-state index in [1.165, 1.54) is 0 Å². The number of aliphatic hydroxyl groups is 1. The van der Waals surface area contributed by atoms with Crippen LogP contribution in [0.15, 0.2) is 12.1 Å². The fraction of sp³-hybridized carbons (Fsp3) is 0.625. The van der Waals surface area contributed by atoms with Crippen molar-refractivity contribution in [2.75, 3.05) is 32.1 Å². The first-order valence-corrected chi connectivity index (χ1v) is 7.75. The predicted molar refractivity (Wildman–Crippen MR) is 85.7 cm³/mol. The minimum Gasteiger partial charge on any atom is -0.395 e. The standard InChI is InChI=1S/C16H27N3O2/c1-4-6-8-19(9-10-20)16(21)13-11-14(7-5-2)18-15(12-13)17-3/h11-12,20H,4-10H2,1-3H3,(H,17,18). The number of rotatable bonds is 9. The van der Waals surface area contributed by atoms with Crippen LogP contribution < -0.4 is 5.32 Å². The number of pyridine rings is 1. The fourth-order valence-electron chi connectivity index (χ4n) is 2.19. The molecule has 1 rings (SSSR count). The Balaban J connectivity index is 2.98. The highest BCUT2D eigenvalue weighted by Crippen LogP contribution is 2.14. The Morgan fingerprint density at radius 2 is 2.05 bits per heavy atom. The molecule has 1 aromatic heterocycles. The lowest BCUT2D eigenvalue weighted by molar-refractivity contribution is 0.0719. The number of hydrogen-bond donors (Lipinski definition) is 2. The molecule has 0 aliphatic rings. The lowest BCUT2D eigenvalue weighted by atomic mass is 10.1. The van der Waals surface area contributed by atoms with E-state index in [9.17, 15) is 4.79 Å². The molecule has 0 spiro atoms. The molecular weight excluding hydrogens is 266 g/mol. The first-order chi connectivity index (χ1) is 10.2. The van der Waals surface area contributed by atoms with Crippen molar-refractivity contribution in [3.63, 3.8) is 0 Å². The van der Waals surface area contributed by atoms with E-state index in [2.05, 4.69) is 24.1 Å². The van der Waals surface area contributed by atoms with Crippen molar-refractivity contribution in [3.8, 4) is 0 Å². The second-order valence-corrected chi connectivity index (χ2v) is 5.10. The highest BCUT2D eigenvalue weighted by atomic mass is 16.3. The zero-order valence-electron chi connectivity index (χ0n) is 13.4. The smallest absolute Gasteiger partial charge is 0.254 e. The molecule has 118 valence electrons. The van der Waals surface area contributed by atoms with Crippen LogP contribution in [0.25, 0.3) is 0 Å². The Kier molecular flexibility index (Phi) is 7.75. The van der Waals surface area contributed by atoms with Gasteiger partial charge in [-0.25, -0.2) is 4.98 Å². The van der Waals surface area contributed by atoms with Gasteiger partial charge in [-0.2, -0.15) is 0 Å². The van der Waals surface area contributed by atoms with Gasteiger partial charge in [0.15, 0.2) is 0 Å². The number of carbonyl (C=O) groups excluding carboxylic acids is 1. The first kappa shape index (κ1) is 17.4. The van der Waals surface area contributed by atoms with Gasteiger partial charge in [0, 0.05) is 31.4 Å². The summed E-state index contributed by atoms with van der Waals surface area (Å²) in [5.74, 6) is 0.678. The number of carbonyl (C=O) groups is 1. The van der Waals surface area contributed by atoms with Gasteiger partial charge in [-0.05, 0) is 25.0 Å². The van der Waals surface area contributed by atoms with E-state index in [4.69, 9.17) is 5.11 Å². The number of aliphatic hydroxyl groups excluding tert-OH is 1. The normalized spacial score (nSPS) is 10.5. The number of anilines is 1. The molecule has 5 heteroatoms. The summed E-state index contributed by atoms with van der Waals surface area (Å²) in [7, 11) is 1.80. The maximum atomic E-state index is 12.6. The molecule has 0 bridgehead atoms. The molecule has 0 saturated carbocycles. The third kappa shape index (κ3) is 5.34. The Labute approximate surface area is 127 Å². The molecule has 1 heterocycles. The van der Waals surface area contributed by atoms with Crippen LogP contribution in [0.1, 0.15) is 49.2 Å². The number of aromatic nitrogens is 1.